The average molecular weight is 326 g/mol. The van der Waals surface area contributed by atoms with E-state index in [0.717, 1.165) is 25.9 Å². The van der Waals surface area contributed by atoms with E-state index in [4.69, 9.17) is 9.47 Å². The first-order chi connectivity index (χ1) is 11.0. The highest BCUT2D eigenvalue weighted by atomic mass is 19.1. The number of ether oxygens (including phenoxy) is 2. The van der Waals surface area contributed by atoms with Gasteiger partial charge in [0.1, 0.15) is 0 Å². The van der Waals surface area contributed by atoms with Crippen LogP contribution in [0.15, 0.2) is 38.0 Å². The molecule has 0 rings (SSSR count). The molecule has 0 fully saturated rings. The highest BCUT2D eigenvalue weighted by Crippen LogP contribution is 2.24. The number of rotatable bonds is 16. The summed E-state index contributed by atoms with van der Waals surface area (Å²) in [5, 5.41) is 0. The third-order valence-corrected chi connectivity index (χ3v) is 3.75. The molecule has 3 heteroatoms. The summed E-state index contributed by atoms with van der Waals surface area (Å²) in [4.78, 5) is 0. The lowest BCUT2D eigenvalue weighted by molar-refractivity contribution is -0.110. The van der Waals surface area contributed by atoms with Crippen molar-refractivity contribution in [2.75, 3.05) is 13.2 Å². The van der Waals surface area contributed by atoms with Crippen LogP contribution in [0.25, 0.3) is 0 Å². The predicted molar refractivity (Wildman–Crippen MR) is 97.2 cm³/mol. The van der Waals surface area contributed by atoms with Crippen molar-refractivity contribution in [2.24, 2.45) is 11.8 Å². The van der Waals surface area contributed by atoms with Crippen molar-refractivity contribution in [3.05, 3.63) is 38.0 Å². The average Bonchev–Trinajstić information content (AvgIpc) is 2.50. The lowest BCUT2D eigenvalue weighted by Gasteiger charge is -2.26. The Morgan fingerprint density at radius 2 is 1.52 bits per heavy atom. The molecule has 0 heterocycles. The first-order valence-corrected chi connectivity index (χ1v) is 8.75. The van der Waals surface area contributed by atoms with Crippen LogP contribution in [-0.2, 0) is 9.47 Å². The van der Waals surface area contributed by atoms with E-state index in [1.54, 1.807) is 6.08 Å². The molecule has 0 radical (unpaired) electrons. The molecule has 0 aromatic rings. The summed E-state index contributed by atoms with van der Waals surface area (Å²) in [6.45, 7) is 16.9. The van der Waals surface area contributed by atoms with Gasteiger partial charge >= 0.3 is 0 Å². The molecule has 0 aliphatic carbocycles. The molecule has 23 heavy (non-hydrogen) atoms. The molecule has 0 aliphatic rings. The van der Waals surface area contributed by atoms with Crippen LogP contribution in [-0.4, -0.2) is 25.7 Å². The Morgan fingerprint density at radius 3 is 2.04 bits per heavy atom. The predicted octanol–water partition coefficient (Wildman–Crippen LogP) is 5.85. The summed E-state index contributed by atoms with van der Waals surface area (Å²) >= 11 is 0. The maximum absolute atomic E-state index is 14.1. The van der Waals surface area contributed by atoms with Crippen LogP contribution >= 0.6 is 0 Å². The van der Waals surface area contributed by atoms with Crippen LogP contribution in [0.5, 0.6) is 0 Å². The van der Waals surface area contributed by atoms with Crippen molar-refractivity contribution in [3.63, 3.8) is 0 Å². The van der Waals surface area contributed by atoms with Crippen LogP contribution in [0, 0.1) is 11.8 Å². The SMILES string of the molecule is C=CCC(CC=C)C(CC=C)OC(F)CCCOCCC(C)C. The van der Waals surface area contributed by atoms with Gasteiger partial charge in [0.25, 0.3) is 0 Å². The summed E-state index contributed by atoms with van der Waals surface area (Å²) in [6, 6.07) is 0. The van der Waals surface area contributed by atoms with Gasteiger partial charge < -0.3 is 9.47 Å². The van der Waals surface area contributed by atoms with Gasteiger partial charge in [0.15, 0.2) is 6.36 Å². The Hall–Kier alpha value is -0.930. The van der Waals surface area contributed by atoms with Crippen LogP contribution < -0.4 is 0 Å². The van der Waals surface area contributed by atoms with Gasteiger partial charge in [0, 0.05) is 19.6 Å². The van der Waals surface area contributed by atoms with Crippen molar-refractivity contribution in [3.8, 4) is 0 Å². The molecule has 0 amide bonds. The molecule has 0 saturated heterocycles. The lowest BCUT2D eigenvalue weighted by atomic mass is 9.92. The summed E-state index contributed by atoms with van der Waals surface area (Å²) < 4.78 is 25.2. The van der Waals surface area contributed by atoms with E-state index in [1.165, 1.54) is 0 Å². The minimum Gasteiger partial charge on any atom is -0.381 e. The van der Waals surface area contributed by atoms with E-state index in [9.17, 15) is 4.39 Å². The monoisotopic (exact) mass is 326 g/mol. The third kappa shape index (κ3) is 12.2. The third-order valence-electron chi connectivity index (χ3n) is 3.75. The number of hydrogen-bond acceptors (Lipinski definition) is 2. The Labute approximate surface area is 142 Å². The molecule has 0 spiro atoms. The Bertz CT molecular complexity index is 305. The zero-order chi connectivity index (χ0) is 17.5. The first kappa shape index (κ1) is 22.1. The van der Waals surface area contributed by atoms with E-state index in [1.807, 2.05) is 12.2 Å². The van der Waals surface area contributed by atoms with Gasteiger partial charge in [-0.3, -0.25) is 0 Å². The van der Waals surface area contributed by atoms with Gasteiger partial charge in [0.2, 0.25) is 0 Å². The molecule has 2 nitrogen and oxygen atoms in total. The van der Waals surface area contributed by atoms with Crippen LogP contribution in [0.1, 0.15) is 52.4 Å². The van der Waals surface area contributed by atoms with Gasteiger partial charge in [0.05, 0.1) is 6.10 Å². The fourth-order valence-corrected chi connectivity index (χ4v) is 2.38. The molecule has 134 valence electrons. The molecule has 0 aliphatic heterocycles. The zero-order valence-electron chi connectivity index (χ0n) is 15.0. The van der Waals surface area contributed by atoms with Gasteiger partial charge in [-0.15, -0.1) is 19.7 Å². The van der Waals surface area contributed by atoms with Gasteiger partial charge in [-0.25, -0.2) is 4.39 Å². The Morgan fingerprint density at radius 1 is 0.913 bits per heavy atom. The smallest absolute Gasteiger partial charge is 0.199 e. The van der Waals surface area contributed by atoms with E-state index >= 15 is 0 Å². The first-order valence-electron chi connectivity index (χ1n) is 8.75. The van der Waals surface area contributed by atoms with Crippen molar-refractivity contribution < 1.29 is 13.9 Å². The molecular formula is C20H35FO2. The normalized spacial score (nSPS) is 14.0. The van der Waals surface area contributed by atoms with Gasteiger partial charge in [-0.05, 0) is 43.9 Å². The Kier molecular flexibility index (Phi) is 14.1. The van der Waals surface area contributed by atoms with Crippen molar-refractivity contribution in [2.45, 2.75) is 64.8 Å². The van der Waals surface area contributed by atoms with E-state index in [-0.39, 0.29) is 12.0 Å². The van der Waals surface area contributed by atoms with Gasteiger partial charge in [-0.2, -0.15) is 0 Å². The highest BCUT2D eigenvalue weighted by molar-refractivity contribution is 4.87. The Balaban J connectivity index is 4.12. The summed E-state index contributed by atoms with van der Waals surface area (Å²) in [7, 11) is 0. The highest BCUT2D eigenvalue weighted by Gasteiger charge is 2.22. The van der Waals surface area contributed by atoms with Gasteiger partial charge in [-0.1, -0.05) is 32.1 Å². The standard InChI is InChI=1S/C20H35FO2/c1-6-10-18(11-7-2)19(12-8-3)23-20(21)13-9-15-22-16-14-17(4)5/h6-8,17-20H,1-3,9-16H2,4-5H3. The fourth-order valence-electron chi connectivity index (χ4n) is 2.38. The van der Waals surface area contributed by atoms with E-state index in [0.29, 0.717) is 31.8 Å². The molecule has 2 atom stereocenters. The van der Waals surface area contributed by atoms with Crippen molar-refractivity contribution in [1.82, 2.24) is 0 Å². The molecule has 0 aromatic heterocycles. The minimum atomic E-state index is -1.26. The number of halogens is 1. The maximum atomic E-state index is 14.1. The zero-order valence-corrected chi connectivity index (χ0v) is 15.0. The van der Waals surface area contributed by atoms with Crippen molar-refractivity contribution >= 4 is 0 Å². The minimum absolute atomic E-state index is 0.180. The number of alkyl halides is 1. The molecular weight excluding hydrogens is 291 g/mol. The molecule has 0 N–H and O–H groups in total. The lowest BCUT2D eigenvalue weighted by Crippen LogP contribution is -2.27. The van der Waals surface area contributed by atoms with E-state index in [2.05, 4.69) is 33.6 Å². The quantitative estimate of drug-likeness (QED) is 0.261. The maximum Gasteiger partial charge on any atom is 0.199 e. The summed E-state index contributed by atoms with van der Waals surface area (Å²) in [5.74, 6) is 0.835. The van der Waals surface area contributed by atoms with E-state index < -0.39 is 6.36 Å². The van der Waals surface area contributed by atoms with Crippen molar-refractivity contribution in [1.29, 1.82) is 0 Å². The molecule has 0 saturated carbocycles. The largest absolute Gasteiger partial charge is 0.381 e. The topological polar surface area (TPSA) is 18.5 Å². The second-order valence-electron chi connectivity index (χ2n) is 6.35. The van der Waals surface area contributed by atoms with Crippen LogP contribution in [0.4, 0.5) is 4.39 Å². The summed E-state index contributed by atoms with van der Waals surface area (Å²) in [6.07, 6.45) is 8.34. The van der Waals surface area contributed by atoms with Crippen LogP contribution in [0.2, 0.25) is 0 Å². The second-order valence-corrected chi connectivity index (χ2v) is 6.35. The van der Waals surface area contributed by atoms with Crippen LogP contribution in [0.3, 0.4) is 0 Å². The second kappa shape index (κ2) is 14.6. The number of allylic oxidation sites excluding steroid dienone is 2. The molecule has 2 unspecified atom stereocenters. The molecule has 0 aromatic carbocycles. The number of hydrogen-bond donors (Lipinski definition) is 0. The summed E-state index contributed by atoms with van der Waals surface area (Å²) in [5.41, 5.74) is 0. The molecule has 0 bridgehead atoms. The fraction of sp³-hybridized carbons (Fsp3) is 0.700.